The van der Waals surface area contributed by atoms with Gasteiger partial charge in [-0.3, -0.25) is 0 Å². The molecule has 0 aliphatic heterocycles. The Kier molecular flexibility index (Phi) is 7.41. The van der Waals surface area contributed by atoms with Gasteiger partial charge in [0.2, 0.25) is 0 Å². The third-order valence-corrected chi connectivity index (χ3v) is 3.69. The number of guanidine groups is 1. The number of hydrogen-bond acceptors (Lipinski definition) is 3. The van der Waals surface area contributed by atoms with Crippen LogP contribution in [0.4, 0.5) is 0 Å². The fraction of sp³-hybridized carbons (Fsp3) is 0.692. The highest BCUT2D eigenvalue weighted by atomic mass is 32.1. The third kappa shape index (κ3) is 6.00. The van der Waals surface area contributed by atoms with Crippen molar-refractivity contribution in [1.82, 2.24) is 10.3 Å². The highest BCUT2D eigenvalue weighted by Crippen LogP contribution is 2.10. The zero-order chi connectivity index (χ0) is 13.2. The average Bonchev–Trinajstić information content (AvgIpc) is 2.84. The number of thiazole rings is 1. The highest BCUT2D eigenvalue weighted by molar-refractivity contribution is 7.09. The van der Waals surface area contributed by atoms with Gasteiger partial charge in [0.05, 0.1) is 17.2 Å². The van der Waals surface area contributed by atoms with Crippen molar-refractivity contribution in [3.8, 4) is 0 Å². The van der Waals surface area contributed by atoms with Crippen LogP contribution in [0.25, 0.3) is 0 Å². The molecule has 3 N–H and O–H groups in total. The second-order valence-corrected chi connectivity index (χ2v) is 5.22. The summed E-state index contributed by atoms with van der Waals surface area (Å²) in [5.74, 6) is 0.526. The molecule has 102 valence electrons. The van der Waals surface area contributed by atoms with E-state index in [0.29, 0.717) is 12.5 Å². The van der Waals surface area contributed by atoms with E-state index >= 15 is 0 Å². The number of nitrogens with two attached hydrogens (primary N) is 1. The van der Waals surface area contributed by atoms with Crippen molar-refractivity contribution >= 4 is 17.3 Å². The second kappa shape index (κ2) is 8.91. The Morgan fingerprint density at radius 3 is 2.89 bits per heavy atom. The average molecular weight is 268 g/mol. The fourth-order valence-corrected chi connectivity index (χ4v) is 2.31. The molecule has 0 atom stereocenters. The van der Waals surface area contributed by atoms with Gasteiger partial charge >= 0.3 is 0 Å². The van der Waals surface area contributed by atoms with Crippen LogP contribution in [-0.4, -0.2) is 17.5 Å². The van der Waals surface area contributed by atoms with E-state index in [4.69, 9.17) is 5.73 Å². The number of aryl methyl sites for hydroxylation is 1. The van der Waals surface area contributed by atoms with Crippen LogP contribution in [0.2, 0.25) is 0 Å². The monoisotopic (exact) mass is 268 g/mol. The van der Waals surface area contributed by atoms with Crippen LogP contribution in [-0.2, 0) is 13.0 Å². The maximum absolute atomic E-state index is 5.79. The van der Waals surface area contributed by atoms with Crippen molar-refractivity contribution < 1.29 is 0 Å². The molecule has 0 fully saturated rings. The van der Waals surface area contributed by atoms with Crippen molar-refractivity contribution in [2.75, 3.05) is 6.54 Å². The predicted octanol–water partition coefficient (Wildman–Crippen LogP) is 2.69. The molecule has 5 heteroatoms. The molecule has 0 saturated heterocycles. The van der Waals surface area contributed by atoms with Crippen molar-refractivity contribution in [3.05, 3.63) is 16.1 Å². The van der Waals surface area contributed by atoms with Gasteiger partial charge in [-0.15, -0.1) is 11.3 Å². The fourth-order valence-electron chi connectivity index (χ4n) is 1.57. The Morgan fingerprint density at radius 2 is 2.22 bits per heavy atom. The van der Waals surface area contributed by atoms with Crippen LogP contribution in [0.3, 0.4) is 0 Å². The smallest absolute Gasteiger partial charge is 0.188 e. The summed E-state index contributed by atoms with van der Waals surface area (Å²) < 4.78 is 0. The molecule has 0 aliphatic carbocycles. The van der Waals surface area contributed by atoms with Gasteiger partial charge in [-0.2, -0.15) is 0 Å². The zero-order valence-corrected chi connectivity index (χ0v) is 12.2. The maximum atomic E-state index is 5.79. The Bertz CT molecular complexity index is 360. The molecule has 1 rings (SSSR count). The van der Waals surface area contributed by atoms with Crippen LogP contribution in [0.1, 0.15) is 50.2 Å². The van der Waals surface area contributed by atoms with Gasteiger partial charge in [-0.05, 0) is 12.8 Å². The lowest BCUT2D eigenvalue weighted by Gasteiger charge is -2.04. The first-order chi connectivity index (χ1) is 8.76. The van der Waals surface area contributed by atoms with Gasteiger partial charge in [0.1, 0.15) is 0 Å². The van der Waals surface area contributed by atoms with Crippen LogP contribution in [0, 0.1) is 0 Å². The minimum absolute atomic E-state index is 0.526. The molecular weight excluding hydrogens is 244 g/mol. The number of nitrogens with one attached hydrogen (secondary N) is 1. The Labute approximate surface area is 114 Å². The van der Waals surface area contributed by atoms with Crippen molar-refractivity contribution in [1.29, 1.82) is 0 Å². The van der Waals surface area contributed by atoms with Gasteiger partial charge < -0.3 is 11.1 Å². The topological polar surface area (TPSA) is 63.3 Å². The van der Waals surface area contributed by atoms with E-state index in [0.717, 1.165) is 30.1 Å². The van der Waals surface area contributed by atoms with E-state index in [2.05, 4.69) is 34.5 Å². The molecule has 0 bridgehead atoms. The first kappa shape index (κ1) is 15.0. The number of hydrogen-bond donors (Lipinski definition) is 2. The predicted molar refractivity (Wildman–Crippen MR) is 79.0 cm³/mol. The largest absolute Gasteiger partial charge is 0.370 e. The van der Waals surface area contributed by atoms with E-state index in [1.165, 1.54) is 19.3 Å². The molecule has 1 aromatic heterocycles. The Balaban J connectivity index is 2.20. The lowest BCUT2D eigenvalue weighted by atomic mass is 10.2. The molecule has 0 aliphatic rings. The zero-order valence-electron chi connectivity index (χ0n) is 11.4. The van der Waals surface area contributed by atoms with Crippen LogP contribution in [0.5, 0.6) is 0 Å². The van der Waals surface area contributed by atoms with E-state index in [9.17, 15) is 0 Å². The maximum Gasteiger partial charge on any atom is 0.188 e. The standard InChI is InChI=1S/C13H24N4S/c1-3-5-6-7-8-15-13(14)16-9-11-10-18-12(4-2)17-11/h10H,3-9H2,1-2H3,(H3,14,15,16). The molecule has 0 saturated carbocycles. The van der Waals surface area contributed by atoms with E-state index in [-0.39, 0.29) is 0 Å². The first-order valence-electron chi connectivity index (χ1n) is 6.73. The van der Waals surface area contributed by atoms with Crippen LogP contribution >= 0.6 is 11.3 Å². The molecule has 1 heterocycles. The van der Waals surface area contributed by atoms with Gasteiger partial charge in [0.25, 0.3) is 0 Å². The molecule has 0 spiro atoms. The molecule has 18 heavy (non-hydrogen) atoms. The van der Waals surface area contributed by atoms with Gasteiger partial charge in [-0.25, -0.2) is 9.98 Å². The lowest BCUT2D eigenvalue weighted by molar-refractivity contribution is 0.652. The van der Waals surface area contributed by atoms with Gasteiger partial charge in [0.15, 0.2) is 5.96 Å². The summed E-state index contributed by atoms with van der Waals surface area (Å²) in [5.41, 5.74) is 6.80. The number of unbranched alkanes of at least 4 members (excludes halogenated alkanes) is 3. The summed E-state index contributed by atoms with van der Waals surface area (Å²) in [4.78, 5) is 8.74. The molecule has 0 unspecified atom stereocenters. The summed E-state index contributed by atoms with van der Waals surface area (Å²) >= 11 is 1.69. The Hall–Kier alpha value is -1.10. The molecule has 4 nitrogen and oxygen atoms in total. The number of aliphatic imine (C=N–C) groups is 1. The SMILES string of the molecule is CCCCCCNC(N)=NCc1csc(CC)n1. The minimum Gasteiger partial charge on any atom is -0.370 e. The first-order valence-corrected chi connectivity index (χ1v) is 7.61. The van der Waals surface area contributed by atoms with Gasteiger partial charge in [-0.1, -0.05) is 33.1 Å². The minimum atomic E-state index is 0.526. The number of aromatic nitrogens is 1. The summed E-state index contributed by atoms with van der Waals surface area (Å²) in [6.45, 7) is 5.80. The van der Waals surface area contributed by atoms with E-state index in [1.54, 1.807) is 11.3 Å². The molecule has 0 radical (unpaired) electrons. The summed E-state index contributed by atoms with van der Waals surface area (Å²) in [7, 11) is 0. The Morgan fingerprint density at radius 1 is 1.39 bits per heavy atom. The summed E-state index contributed by atoms with van der Waals surface area (Å²) in [5, 5.41) is 6.35. The second-order valence-electron chi connectivity index (χ2n) is 4.28. The molecular formula is C13H24N4S. The van der Waals surface area contributed by atoms with Crippen molar-refractivity contribution in [2.24, 2.45) is 10.7 Å². The summed E-state index contributed by atoms with van der Waals surface area (Å²) in [6.07, 6.45) is 5.94. The highest BCUT2D eigenvalue weighted by Gasteiger charge is 1.99. The van der Waals surface area contributed by atoms with E-state index < -0.39 is 0 Å². The molecule has 0 aromatic carbocycles. The number of nitrogens with zero attached hydrogens (tertiary/aromatic N) is 2. The summed E-state index contributed by atoms with van der Waals surface area (Å²) in [6, 6.07) is 0. The van der Waals surface area contributed by atoms with Gasteiger partial charge in [0, 0.05) is 11.9 Å². The lowest BCUT2D eigenvalue weighted by Crippen LogP contribution is -2.32. The molecule has 1 aromatic rings. The third-order valence-electron chi connectivity index (χ3n) is 2.65. The number of rotatable bonds is 8. The quantitative estimate of drug-likeness (QED) is 0.433. The van der Waals surface area contributed by atoms with Crippen LogP contribution < -0.4 is 11.1 Å². The van der Waals surface area contributed by atoms with Crippen LogP contribution in [0.15, 0.2) is 10.4 Å². The normalized spacial score (nSPS) is 11.8. The molecule has 0 amide bonds. The van der Waals surface area contributed by atoms with Crippen molar-refractivity contribution in [3.63, 3.8) is 0 Å². The van der Waals surface area contributed by atoms with E-state index in [1.807, 2.05) is 0 Å². The van der Waals surface area contributed by atoms with Crippen molar-refractivity contribution in [2.45, 2.75) is 52.5 Å².